The number of hydrogen-bond donors (Lipinski definition) is 1. The average Bonchev–Trinajstić information content (AvgIpc) is 2.33. The van der Waals surface area contributed by atoms with Crippen LogP contribution >= 0.6 is 0 Å². The molecule has 0 aliphatic heterocycles. The third-order valence-corrected chi connectivity index (χ3v) is 3.28. The summed E-state index contributed by atoms with van der Waals surface area (Å²) in [6.45, 7) is 4.21. The standard InChI is InChI=1S/C14H22N2O/c1-4-12(5-2)16(3)14(17)10-11-8-6-7-9-13(11)15/h6-9,12H,4-5,10,15H2,1-3H3. The van der Waals surface area contributed by atoms with Crippen molar-refractivity contribution in [3.8, 4) is 0 Å². The summed E-state index contributed by atoms with van der Waals surface area (Å²) in [5.74, 6) is 0.136. The van der Waals surface area contributed by atoms with Gasteiger partial charge in [-0.1, -0.05) is 32.0 Å². The number of nitrogen functional groups attached to an aromatic ring is 1. The van der Waals surface area contributed by atoms with Crippen LogP contribution in [0.5, 0.6) is 0 Å². The lowest BCUT2D eigenvalue weighted by atomic mass is 10.1. The molecule has 0 atom stereocenters. The second-order valence-electron chi connectivity index (χ2n) is 4.35. The molecule has 1 aromatic carbocycles. The largest absolute Gasteiger partial charge is 0.398 e. The normalized spacial score (nSPS) is 10.6. The Morgan fingerprint density at radius 1 is 1.29 bits per heavy atom. The minimum absolute atomic E-state index is 0.136. The van der Waals surface area contributed by atoms with Crippen molar-refractivity contribution in [1.82, 2.24) is 4.90 Å². The third-order valence-electron chi connectivity index (χ3n) is 3.28. The van der Waals surface area contributed by atoms with Crippen LogP contribution in [0, 0.1) is 0 Å². The van der Waals surface area contributed by atoms with Gasteiger partial charge in [-0.05, 0) is 24.5 Å². The van der Waals surface area contributed by atoms with Crippen LogP contribution in [0.4, 0.5) is 5.69 Å². The lowest BCUT2D eigenvalue weighted by Gasteiger charge is -2.26. The smallest absolute Gasteiger partial charge is 0.227 e. The van der Waals surface area contributed by atoms with E-state index in [1.165, 1.54) is 0 Å². The van der Waals surface area contributed by atoms with Gasteiger partial charge in [0.15, 0.2) is 0 Å². The van der Waals surface area contributed by atoms with Gasteiger partial charge in [0.05, 0.1) is 6.42 Å². The van der Waals surface area contributed by atoms with E-state index in [0.29, 0.717) is 18.2 Å². The Bertz CT molecular complexity index is 372. The monoisotopic (exact) mass is 234 g/mol. The fourth-order valence-electron chi connectivity index (χ4n) is 2.02. The minimum Gasteiger partial charge on any atom is -0.398 e. The van der Waals surface area contributed by atoms with Crippen molar-refractivity contribution in [2.45, 2.75) is 39.2 Å². The molecule has 0 saturated heterocycles. The molecular formula is C14H22N2O. The van der Waals surface area contributed by atoms with Gasteiger partial charge in [0.25, 0.3) is 0 Å². The molecule has 0 aliphatic carbocycles. The maximum Gasteiger partial charge on any atom is 0.227 e. The van der Waals surface area contributed by atoms with Crippen LogP contribution in [0.25, 0.3) is 0 Å². The van der Waals surface area contributed by atoms with Crippen LogP contribution < -0.4 is 5.73 Å². The van der Waals surface area contributed by atoms with Crippen LogP contribution in [-0.2, 0) is 11.2 Å². The van der Waals surface area contributed by atoms with Gasteiger partial charge in [-0.3, -0.25) is 4.79 Å². The van der Waals surface area contributed by atoms with E-state index in [-0.39, 0.29) is 5.91 Å². The number of anilines is 1. The fraction of sp³-hybridized carbons (Fsp3) is 0.500. The van der Waals surface area contributed by atoms with Crippen LogP contribution in [0.2, 0.25) is 0 Å². The lowest BCUT2D eigenvalue weighted by molar-refractivity contribution is -0.131. The Balaban J connectivity index is 2.69. The van der Waals surface area contributed by atoms with Gasteiger partial charge in [0, 0.05) is 18.8 Å². The number of rotatable bonds is 5. The first kappa shape index (κ1) is 13.6. The Labute approximate surface area is 104 Å². The zero-order valence-electron chi connectivity index (χ0n) is 10.9. The first-order valence-electron chi connectivity index (χ1n) is 6.19. The Morgan fingerprint density at radius 3 is 2.41 bits per heavy atom. The maximum atomic E-state index is 12.1. The van der Waals surface area contributed by atoms with E-state index in [1.54, 1.807) is 0 Å². The van der Waals surface area contributed by atoms with Crippen molar-refractivity contribution >= 4 is 11.6 Å². The molecule has 0 aromatic heterocycles. The lowest BCUT2D eigenvalue weighted by Crippen LogP contribution is -2.37. The van der Waals surface area contributed by atoms with Crippen molar-refractivity contribution in [3.05, 3.63) is 29.8 Å². The van der Waals surface area contributed by atoms with E-state index in [4.69, 9.17) is 5.73 Å². The zero-order chi connectivity index (χ0) is 12.8. The van der Waals surface area contributed by atoms with Crippen molar-refractivity contribution in [2.24, 2.45) is 0 Å². The van der Waals surface area contributed by atoms with Crippen molar-refractivity contribution in [1.29, 1.82) is 0 Å². The van der Waals surface area contributed by atoms with E-state index < -0.39 is 0 Å². The number of hydrogen-bond acceptors (Lipinski definition) is 2. The molecule has 94 valence electrons. The van der Waals surface area contributed by atoms with Crippen molar-refractivity contribution < 1.29 is 4.79 Å². The quantitative estimate of drug-likeness (QED) is 0.795. The molecule has 1 rings (SSSR count). The zero-order valence-corrected chi connectivity index (χ0v) is 10.9. The number of para-hydroxylation sites is 1. The predicted octanol–water partition coefficient (Wildman–Crippen LogP) is 2.46. The Hall–Kier alpha value is -1.51. The van der Waals surface area contributed by atoms with E-state index in [1.807, 2.05) is 36.2 Å². The summed E-state index contributed by atoms with van der Waals surface area (Å²) < 4.78 is 0. The maximum absolute atomic E-state index is 12.1. The Kier molecular flexibility index (Phi) is 5.01. The molecule has 17 heavy (non-hydrogen) atoms. The van der Waals surface area contributed by atoms with Crippen LogP contribution in [0.15, 0.2) is 24.3 Å². The summed E-state index contributed by atoms with van der Waals surface area (Å²) in [7, 11) is 1.87. The molecule has 0 spiro atoms. The summed E-state index contributed by atoms with van der Waals surface area (Å²) >= 11 is 0. The number of nitrogens with zero attached hydrogens (tertiary/aromatic N) is 1. The second-order valence-corrected chi connectivity index (χ2v) is 4.35. The molecular weight excluding hydrogens is 212 g/mol. The van der Waals surface area contributed by atoms with Crippen molar-refractivity contribution in [2.75, 3.05) is 12.8 Å². The highest BCUT2D eigenvalue weighted by atomic mass is 16.2. The molecule has 0 bridgehead atoms. The molecule has 3 nitrogen and oxygen atoms in total. The highest BCUT2D eigenvalue weighted by Gasteiger charge is 2.17. The highest BCUT2D eigenvalue weighted by Crippen LogP contribution is 2.14. The first-order valence-corrected chi connectivity index (χ1v) is 6.19. The highest BCUT2D eigenvalue weighted by molar-refractivity contribution is 5.80. The molecule has 0 radical (unpaired) electrons. The van der Waals surface area contributed by atoms with E-state index in [2.05, 4.69) is 13.8 Å². The summed E-state index contributed by atoms with van der Waals surface area (Å²) in [6, 6.07) is 7.87. The minimum atomic E-state index is 0.136. The molecule has 1 amide bonds. The molecule has 0 fully saturated rings. The molecule has 0 aliphatic rings. The van der Waals surface area contributed by atoms with E-state index in [9.17, 15) is 4.79 Å². The molecule has 0 heterocycles. The summed E-state index contributed by atoms with van der Waals surface area (Å²) in [6.07, 6.45) is 2.37. The number of likely N-dealkylation sites (N-methyl/N-ethyl adjacent to an activating group) is 1. The van der Waals surface area contributed by atoms with Gasteiger partial charge < -0.3 is 10.6 Å². The number of carbonyl (C=O) groups excluding carboxylic acids is 1. The van der Waals surface area contributed by atoms with Crippen LogP contribution in [0.1, 0.15) is 32.3 Å². The SMILES string of the molecule is CCC(CC)N(C)C(=O)Cc1ccccc1N. The number of carbonyl (C=O) groups is 1. The molecule has 0 unspecified atom stereocenters. The molecule has 0 saturated carbocycles. The first-order chi connectivity index (χ1) is 8.10. The average molecular weight is 234 g/mol. The summed E-state index contributed by atoms with van der Waals surface area (Å²) in [4.78, 5) is 13.9. The van der Waals surface area contributed by atoms with Crippen molar-refractivity contribution in [3.63, 3.8) is 0 Å². The van der Waals surface area contributed by atoms with Crippen LogP contribution in [0.3, 0.4) is 0 Å². The molecule has 1 aromatic rings. The number of amides is 1. The number of nitrogens with two attached hydrogens (primary N) is 1. The van der Waals surface area contributed by atoms with Gasteiger partial charge in [0.1, 0.15) is 0 Å². The van der Waals surface area contributed by atoms with Gasteiger partial charge in [-0.25, -0.2) is 0 Å². The topological polar surface area (TPSA) is 46.3 Å². The second kappa shape index (κ2) is 6.28. The van der Waals surface area contributed by atoms with E-state index >= 15 is 0 Å². The van der Waals surface area contributed by atoms with Gasteiger partial charge in [-0.15, -0.1) is 0 Å². The van der Waals surface area contributed by atoms with Gasteiger partial charge >= 0.3 is 0 Å². The number of benzene rings is 1. The summed E-state index contributed by atoms with van der Waals surface area (Å²) in [5, 5.41) is 0. The molecule has 2 N–H and O–H groups in total. The fourth-order valence-corrected chi connectivity index (χ4v) is 2.02. The summed E-state index contributed by atoms with van der Waals surface area (Å²) in [5.41, 5.74) is 7.45. The molecule has 3 heteroatoms. The van der Waals surface area contributed by atoms with Gasteiger partial charge in [0.2, 0.25) is 5.91 Å². The third kappa shape index (κ3) is 3.48. The van der Waals surface area contributed by atoms with Crippen LogP contribution in [-0.4, -0.2) is 23.9 Å². The Morgan fingerprint density at radius 2 is 1.88 bits per heavy atom. The predicted molar refractivity (Wildman–Crippen MR) is 71.7 cm³/mol. The van der Waals surface area contributed by atoms with Gasteiger partial charge in [-0.2, -0.15) is 0 Å². The van der Waals surface area contributed by atoms with E-state index in [0.717, 1.165) is 18.4 Å².